The molecule has 0 N–H and O–H groups in total. The summed E-state index contributed by atoms with van der Waals surface area (Å²) in [5.41, 5.74) is 4.78. The number of pyridine rings is 1. The van der Waals surface area contributed by atoms with Crippen molar-refractivity contribution in [1.82, 2.24) is 4.98 Å². The molecule has 2 heteroatoms. The molecule has 0 atom stereocenters. The fraction of sp³-hybridized carbons (Fsp3) is 0.267. The summed E-state index contributed by atoms with van der Waals surface area (Å²) in [6.45, 7) is 4.14. The van der Waals surface area contributed by atoms with Crippen molar-refractivity contribution in [2.45, 2.75) is 26.7 Å². The fourth-order valence-corrected chi connectivity index (χ4v) is 2.18. The van der Waals surface area contributed by atoms with E-state index in [4.69, 9.17) is 11.6 Å². The molecule has 1 heterocycles. The van der Waals surface area contributed by atoms with Crippen LogP contribution >= 0.6 is 11.6 Å². The van der Waals surface area contributed by atoms with E-state index in [-0.39, 0.29) is 0 Å². The second-order valence-corrected chi connectivity index (χ2v) is 4.83. The van der Waals surface area contributed by atoms with Crippen LogP contribution in [-0.4, -0.2) is 4.98 Å². The Morgan fingerprint density at radius 2 is 1.76 bits per heavy atom. The van der Waals surface area contributed by atoms with E-state index in [0.29, 0.717) is 0 Å². The molecular weight excluding hydrogens is 230 g/mol. The molecule has 0 fully saturated rings. The summed E-state index contributed by atoms with van der Waals surface area (Å²) in [7, 11) is 0. The van der Waals surface area contributed by atoms with Crippen molar-refractivity contribution in [2.75, 3.05) is 0 Å². The van der Waals surface area contributed by atoms with Gasteiger partial charge in [-0.3, -0.25) is 4.98 Å². The van der Waals surface area contributed by atoms with E-state index in [2.05, 4.69) is 37.0 Å². The van der Waals surface area contributed by atoms with Crippen LogP contribution in [-0.2, 0) is 12.8 Å². The first-order valence-corrected chi connectivity index (χ1v) is 6.19. The van der Waals surface area contributed by atoms with E-state index in [9.17, 15) is 0 Å². The zero-order valence-electron chi connectivity index (χ0n) is 10.2. The lowest BCUT2D eigenvalue weighted by Crippen LogP contribution is -1.95. The molecule has 0 unspecified atom stereocenters. The lowest BCUT2D eigenvalue weighted by atomic mass is 10.1. The van der Waals surface area contributed by atoms with Crippen molar-refractivity contribution in [2.24, 2.45) is 0 Å². The van der Waals surface area contributed by atoms with E-state index >= 15 is 0 Å². The van der Waals surface area contributed by atoms with Gasteiger partial charge in [0.1, 0.15) is 0 Å². The van der Waals surface area contributed by atoms with Gasteiger partial charge in [0, 0.05) is 16.9 Å². The van der Waals surface area contributed by atoms with E-state index in [1.165, 1.54) is 16.7 Å². The third-order valence-electron chi connectivity index (χ3n) is 2.83. The summed E-state index contributed by atoms with van der Waals surface area (Å²) in [5.74, 6) is 0. The zero-order valence-corrected chi connectivity index (χ0v) is 11.0. The summed E-state index contributed by atoms with van der Waals surface area (Å²) < 4.78 is 0. The highest BCUT2D eigenvalue weighted by Gasteiger charge is 2.02. The molecule has 0 saturated carbocycles. The van der Waals surface area contributed by atoms with Gasteiger partial charge in [-0.2, -0.15) is 0 Å². The first-order valence-electron chi connectivity index (χ1n) is 5.82. The van der Waals surface area contributed by atoms with E-state index in [1.54, 1.807) is 0 Å². The Morgan fingerprint density at radius 1 is 1.00 bits per heavy atom. The Hall–Kier alpha value is -1.34. The molecular formula is C15H16ClN. The lowest BCUT2D eigenvalue weighted by molar-refractivity contribution is 0.910. The van der Waals surface area contributed by atoms with Gasteiger partial charge in [-0.25, -0.2) is 0 Å². The molecule has 0 radical (unpaired) electrons. The summed E-state index contributed by atoms with van der Waals surface area (Å²) in [5, 5.41) is 0.859. The molecule has 1 nitrogen and oxygen atoms in total. The molecule has 1 aromatic carbocycles. The van der Waals surface area contributed by atoms with Gasteiger partial charge in [-0.05, 0) is 61.6 Å². The summed E-state index contributed by atoms with van der Waals surface area (Å²) in [6.07, 6.45) is 3.74. The number of nitrogens with zero attached hydrogens (tertiary/aromatic N) is 1. The highest BCUT2D eigenvalue weighted by Crippen LogP contribution is 2.19. The first-order chi connectivity index (χ1) is 8.15. The van der Waals surface area contributed by atoms with Gasteiger partial charge in [0.05, 0.1) is 0 Å². The Bertz CT molecular complexity index is 520. The largest absolute Gasteiger partial charge is 0.261 e. The van der Waals surface area contributed by atoms with Crippen LogP contribution in [0.25, 0.3) is 0 Å². The third-order valence-corrected chi connectivity index (χ3v) is 3.18. The highest BCUT2D eigenvalue weighted by molar-refractivity contribution is 6.31. The Balaban J connectivity index is 2.07. The summed E-state index contributed by atoms with van der Waals surface area (Å²) in [6, 6.07) is 10.4. The van der Waals surface area contributed by atoms with Crippen LogP contribution < -0.4 is 0 Å². The fourth-order valence-electron chi connectivity index (χ4n) is 1.85. The quantitative estimate of drug-likeness (QED) is 0.792. The number of hydrogen-bond acceptors (Lipinski definition) is 1. The van der Waals surface area contributed by atoms with E-state index in [1.807, 2.05) is 18.3 Å². The summed E-state index contributed by atoms with van der Waals surface area (Å²) in [4.78, 5) is 4.36. The molecule has 0 aliphatic heterocycles. The van der Waals surface area contributed by atoms with Gasteiger partial charge in [0.2, 0.25) is 0 Å². The van der Waals surface area contributed by atoms with Gasteiger partial charge in [-0.15, -0.1) is 0 Å². The SMILES string of the molecule is Cc1ccnc(CCc2ccc(C)cc2Cl)c1. The van der Waals surface area contributed by atoms with Gasteiger partial charge in [0.15, 0.2) is 0 Å². The van der Waals surface area contributed by atoms with Crippen molar-refractivity contribution in [3.8, 4) is 0 Å². The maximum absolute atomic E-state index is 6.21. The van der Waals surface area contributed by atoms with Gasteiger partial charge in [0.25, 0.3) is 0 Å². The number of aryl methyl sites for hydroxylation is 4. The second-order valence-electron chi connectivity index (χ2n) is 4.42. The van der Waals surface area contributed by atoms with Crippen LogP contribution in [0.4, 0.5) is 0 Å². The van der Waals surface area contributed by atoms with Crippen LogP contribution in [0.15, 0.2) is 36.5 Å². The van der Waals surface area contributed by atoms with Gasteiger partial charge in [-0.1, -0.05) is 23.7 Å². The lowest BCUT2D eigenvalue weighted by Gasteiger charge is -2.05. The Kier molecular flexibility index (Phi) is 3.80. The molecule has 17 heavy (non-hydrogen) atoms. The standard InChI is InChI=1S/C15H16ClN/c1-11-3-4-13(15(16)10-11)5-6-14-9-12(2)7-8-17-14/h3-4,7-10H,5-6H2,1-2H3. The molecule has 0 saturated heterocycles. The van der Waals surface area contributed by atoms with Crippen molar-refractivity contribution in [3.63, 3.8) is 0 Å². The molecule has 0 spiro atoms. The molecule has 0 aliphatic rings. The maximum Gasteiger partial charge on any atom is 0.0440 e. The average molecular weight is 246 g/mol. The Labute approximate surface area is 107 Å². The smallest absolute Gasteiger partial charge is 0.0440 e. The van der Waals surface area contributed by atoms with Crippen molar-refractivity contribution in [3.05, 3.63) is 63.9 Å². The van der Waals surface area contributed by atoms with Gasteiger partial charge < -0.3 is 0 Å². The maximum atomic E-state index is 6.21. The van der Waals surface area contributed by atoms with E-state index in [0.717, 1.165) is 23.6 Å². The molecule has 2 aromatic rings. The molecule has 0 aliphatic carbocycles. The van der Waals surface area contributed by atoms with Crippen LogP contribution in [0.5, 0.6) is 0 Å². The third kappa shape index (κ3) is 3.31. The van der Waals surface area contributed by atoms with Crippen molar-refractivity contribution < 1.29 is 0 Å². The monoisotopic (exact) mass is 245 g/mol. The second kappa shape index (κ2) is 5.33. The van der Waals surface area contributed by atoms with Crippen LogP contribution in [0.2, 0.25) is 5.02 Å². The molecule has 0 bridgehead atoms. The van der Waals surface area contributed by atoms with Crippen LogP contribution in [0.3, 0.4) is 0 Å². The Morgan fingerprint density at radius 3 is 2.47 bits per heavy atom. The predicted molar refractivity (Wildman–Crippen MR) is 72.6 cm³/mol. The number of benzene rings is 1. The molecule has 2 rings (SSSR count). The van der Waals surface area contributed by atoms with Crippen molar-refractivity contribution >= 4 is 11.6 Å². The molecule has 0 amide bonds. The predicted octanol–water partition coefficient (Wildman–Crippen LogP) is 4.14. The van der Waals surface area contributed by atoms with Crippen molar-refractivity contribution in [1.29, 1.82) is 0 Å². The number of rotatable bonds is 3. The van der Waals surface area contributed by atoms with E-state index < -0.39 is 0 Å². The normalized spacial score (nSPS) is 10.5. The first kappa shape index (κ1) is 12.1. The minimum atomic E-state index is 0.859. The molecule has 1 aromatic heterocycles. The van der Waals surface area contributed by atoms with Crippen LogP contribution in [0, 0.1) is 13.8 Å². The minimum Gasteiger partial charge on any atom is -0.261 e. The topological polar surface area (TPSA) is 12.9 Å². The summed E-state index contributed by atoms with van der Waals surface area (Å²) >= 11 is 6.21. The number of hydrogen-bond donors (Lipinski definition) is 0. The van der Waals surface area contributed by atoms with Gasteiger partial charge >= 0.3 is 0 Å². The molecule has 88 valence electrons. The zero-order chi connectivity index (χ0) is 12.3. The number of halogens is 1. The average Bonchev–Trinajstić information content (AvgIpc) is 2.28. The minimum absolute atomic E-state index is 0.859. The van der Waals surface area contributed by atoms with Crippen LogP contribution in [0.1, 0.15) is 22.4 Å². The number of aromatic nitrogens is 1. The highest BCUT2D eigenvalue weighted by atomic mass is 35.5.